The summed E-state index contributed by atoms with van der Waals surface area (Å²) in [6.07, 6.45) is 3.09. The Bertz CT molecular complexity index is 1380. The molecule has 0 saturated carbocycles. The van der Waals surface area contributed by atoms with Crippen LogP contribution in [-0.4, -0.2) is 62.7 Å². The van der Waals surface area contributed by atoms with Crippen molar-refractivity contribution in [3.8, 4) is 16.9 Å². The summed E-state index contributed by atoms with van der Waals surface area (Å²) in [6.45, 7) is 12.9. The summed E-state index contributed by atoms with van der Waals surface area (Å²) in [6, 6.07) is 19.5. The van der Waals surface area contributed by atoms with Gasteiger partial charge in [0.15, 0.2) is 0 Å². The standard InChI is InChI=1S/C32H39N3O3.2H2O/c1-5-8-13-29-33-30-23(4)14-19-28(38-21-20-34(6-2)7-3)31(30)35(29)22-24-15-17-25(18-16-24)26-11-9-10-12-27(26)32(36)37;;/h9-12,14-19H,5-8,13,20-22H2,1-4H3,(H,36,37);2*1H2. The van der Waals surface area contributed by atoms with E-state index in [1.165, 1.54) is 0 Å². The molecule has 0 fully saturated rings. The van der Waals surface area contributed by atoms with Crippen LogP contribution in [0.1, 0.15) is 60.9 Å². The van der Waals surface area contributed by atoms with Gasteiger partial charge in [-0.3, -0.25) is 0 Å². The highest BCUT2D eigenvalue weighted by atomic mass is 16.5. The summed E-state index contributed by atoms with van der Waals surface area (Å²) < 4.78 is 8.67. The minimum Gasteiger partial charge on any atom is -0.490 e. The van der Waals surface area contributed by atoms with Gasteiger partial charge in [0.05, 0.1) is 11.1 Å². The second-order valence-electron chi connectivity index (χ2n) is 9.72. The van der Waals surface area contributed by atoms with Crippen LogP contribution in [0.4, 0.5) is 0 Å². The number of rotatable bonds is 13. The molecule has 1 aromatic heterocycles. The predicted octanol–water partition coefficient (Wildman–Crippen LogP) is 5.17. The van der Waals surface area contributed by atoms with E-state index in [1.54, 1.807) is 12.1 Å². The van der Waals surface area contributed by atoms with Crippen molar-refractivity contribution in [1.82, 2.24) is 14.5 Å². The van der Waals surface area contributed by atoms with Gasteiger partial charge in [0.25, 0.3) is 0 Å². The molecule has 1 heterocycles. The number of ether oxygens (including phenoxy) is 1. The Morgan fingerprint density at radius 2 is 1.68 bits per heavy atom. The van der Waals surface area contributed by atoms with Crippen molar-refractivity contribution < 1.29 is 25.6 Å². The lowest BCUT2D eigenvalue weighted by atomic mass is 9.98. The van der Waals surface area contributed by atoms with Crippen molar-refractivity contribution in [2.75, 3.05) is 26.2 Å². The Morgan fingerprint density at radius 3 is 2.33 bits per heavy atom. The van der Waals surface area contributed by atoms with E-state index in [4.69, 9.17) is 9.72 Å². The third-order valence-corrected chi connectivity index (χ3v) is 7.21. The topological polar surface area (TPSA) is 131 Å². The van der Waals surface area contributed by atoms with E-state index in [9.17, 15) is 9.90 Å². The number of fused-ring (bicyclic) bond motifs is 1. The number of aryl methyl sites for hydroxylation is 2. The first-order chi connectivity index (χ1) is 18.5. The molecule has 5 N–H and O–H groups in total. The molecule has 3 aromatic carbocycles. The van der Waals surface area contributed by atoms with E-state index >= 15 is 0 Å². The summed E-state index contributed by atoms with van der Waals surface area (Å²) in [4.78, 5) is 19.1. The van der Waals surface area contributed by atoms with Gasteiger partial charge in [-0.25, -0.2) is 9.78 Å². The van der Waals surface area contributed by atoms with Crippen LogP contribution in [-0.2, 0) is 13.0 Å². The average Bonchev–Trinajstić information content (AvgIpc) is 3.30. The average molecular weight is 550 g/mol. The number of imidazole rings is 1. The number of nitrogens with zero attached hydrogens (tertiary/aromatic N) is 3. The van der Waals surface area contributed by atoms with Crippen LogP contribution in [0.25, 0.3) is 22.2 Å². The third kappa shape index (κ3) is 7.27. The van der Waals surface area contributed by atoms with Crippen LogP contribution in [0.5, 0.6) is 5.75 Å². The monoisotopic (exact) mass is 549 g/mol. The number of aromatic carboxylic acids is 1. The maximum absolute atomic E-state index is 11.7. The Hall–Kier alpha value is -3.72. The fourth-order valence-electron chi connectivity index (χ4n) is 4.91. The van der Waals surface area contributed by atoms with Gasteiger partial charge in [0.1, 0.15) is 23.7 Å². The molecule has 0 unspecified atom stereocenters. The lowest BCUT2D eigenvalue weighted by Gasteiger charge is -2.19. The van der Waals surface area contributed by atoms with E-state index in [1.807, 2.05) is 24.3 Å². The van der Waals surface area contributed by atoms with Gasteiger partial charge in [-0.1, -0.05) is 75.7 Å². The number of carbonyl (C=O) groups is 1. The van der Waals surface area contributed by atoms with Crippen molar-refractivity contribution in [1.29, 1.82) is 0 Å². The third-order valence-electron chi connectivity index (χ3n) is 7.21. The molecule has 0 saturated heterocycles. The molecule has 40 heavy (non-hydrogen) atoms. The molecule has 216 valence electrons. The molecular weight excluding hydrogens is 506 g/mol. The lowest BCUT2D eigenvalue weighted by Crippen LogP contribution is -2.28. The number of aromatic nitrogens is 2. The zero-order chi connectivity index (χ0) is 27.1. The highest BCUT2D eigenvalue weighted by molar-refractivity contribution is 5.96. The fraction of sp³-hybridized carbons (Fsp3) is 0.375. The normalized spacial score (nSPS) is 10.8. The first kappa shape index (κ1) is 32.5. The SMILES string of the molecule is CCCCc1nc2c(C)ccc(OCCN(CC)CC)c2n1Cc1ccc(-c2ccccc2C(=O)O)cc1.O.O. The number of hydrogen-bond acceptors (Lipinski definition) is 4. The molecule has 8 heteroatoms. The zero-order valence-electron chi connectivity index (χ0n) is 24.0. The highest BCUT2D eigenvalue weighted by Gasteiger charge is 2.18. The van der Waals surface area contributed by atoms with Gasteiger partial charge in [-0.05, 0) is 60.8 Å². The number of unbranched alkanes of at least 4 members (excludes halogenated alkanes) is 1. The minimum absolute atomic E-state index is 0. The van der Waals surface area contributed by atoms with E-state index in [0.29, 0.717) is 18.7 Å². The van der Waals surface area contributed by atoms with E-state index in [0.717, 1.165) is 83.8 Å². The number of carboxylic acids is 1. The predicted molar refractivity (Wildman–Crippen MR) is 162 cm³/mol. The Morgan fingerprint density at radius 1 is 0.975 bits per heavy atom. The Labute approximate surface area is 236 Å². The van der Waals surface area contributed by atoms with Gasteiger partial charge in [-0.2, -0.15) is 0 Å². The molecule has 0 radical (unpaired) electrons. The maximum atomic E-state index is 11.7. The van der Waals surface area contributed by atoms with Crippen molar-refractivity contribution in [2.24, 2.45) is 0 Å². The lowest BCUT2D eigenvalue weighted by molar-refractivity contribution is 0.0697. The maximum Gasteiger partial charge on any atom is 0.336 e. The molecule has 0 atom stereocenters. The summed E-state index contributed by atoms with van der Waals surface area (Å²) in [5.41, 5.74) is 6.26. The van der Waals surface area contributed by atoms with Crippen LogP contribution in [0.2, 0.25) is 0 Å². The molecular formula is C32H43N3O5. The minimum atomic E-state index is -0.918. The van der Waals surface area contributed by atoms with Crippen LogP contribution in [0.3, 0.4) is 0 Å². The summed E-state index contributed by atoms with van der Waals surface area (Å²) in [5.74, 6) is 1.03. The molecule has 0 aliphatic carbocycles. The van der Waals surface area contributed by atoms with E-state index in [2.05, 4.69) is 61.4 Å². The first-order valence-corrected chi connectivity index (χ1v) is 13.7. The van der Waals surface area contributed by atoms with Gasteiger partial charge in [-0.15, -0.1) is 0 Å². The van der Waals surface area contributed by atoms with E-state index in [-0.39, 0.29) is 11.0 Å². The zero-order valence-corrected chi connectivity index (χ0v) is 24.0. The molecule has 4 aromatic rings. The van der Waals surface area contributed by atoms with Gasteiger partial charge < -0.3 is 30.3 Å². The molecule has 0 bridgehead atoms. The van der Waals surface area contributed by atoms with E-state index < -0.39 is 5.97 Å². The van der Waals surface area contributed by atoms with Gasteiger partial charge in [0, 0.05) is 19.5 Å². The Balaban J connectivity index is 0.00000280. The largest absolute Gasteiger partial charge is 0.490 e. The van der Waals surface area contributed by atoms with Crippen molar-refractivity contribution >= 4 is 17.0 Å². The van der Waals surface area contributed by atoms with Crippen LogP contribution in [0.15, 0.2) is 60.7 Å². The van der Waals surface area contributed by atoms with Gasteiger partial charge >= 0.3 is 5.97 Å². The number of carboxylic acid groups (broad SMARTS) is 1. The van der Waals surface area contributed by atoms with Crippen LogP contribution in [0, 0.1) is 6.92 Å². The first-order valence-electron chi connectivity index (χ1n) is 13.7. The van der Waals surface area contributed by atoms with Crippen molar-refractivity contribution in [2.45, 2.75) is 53.5 Å². The highest BCUT2D eigenvalue weighted by Crippen LogP contribution is 2.31. The van der Waals surface area contributed by atoms with Crippen molar-refractivity contribution in [3.63, 3.8) is 0 Å². The number of likely N-dealkylation sites (N-methyl/N-ethyl adjacent to an activating group) is 1. The quantitative estimate of drug-likeness (QED) is 0.246. The number of hydrogen-bond donors (Lipinski definition) is 1. The van der Waals surface area contributed by atoms with Crippen molar-refractivity contribution in [3.05, 3.63) is 83.2 Å². The molecule has 0 spiro atoms. The molecule has 4 rings (SSSR count). The second kappa shape index (κ2) is 15.2. The summed E-state index contributed by atoms with van der Waals surface area (Å²) in [5, 5.41) is 9.60. The smallest absolute Gasteiger partial charge is 0.336 e. The fourth-order valence-corrected chi connectivity index (χ4v) is 4.91. The summed E-state index contributed by atoms with van der Waals surface area (Å²) >= 11 is 0. The molecule has 8 nitrogen and oxygen atoms in total. The molecule has 0 amide bonds. The molecule has 0 aliphatic heterocycles. The Kier molecular flexibility index (Phi) is 12.3. The van der Waals surface area contributed by atoms with Gasteiger partial charge in [0.2, 0.25) is 0 Å². The van der Waals surface area contributed by atoms with Crippen LogP contribution < -0.4 is 4.74 Å². The summed E-state index contributed by atoms with van der Waals surface area (Å²) in [7, 11) is 0. The number of benzene rings is 3. The van der Waals surface area contributed by atoms with Crippen LogP contribution >= 0.6 is 0 Å². The second-order valence-corrected chi connectivity index (χ2v) is 9.72. The molecule has 0 aliphatic rings.